The largest absolute Gasteiger partial charge is 0.416 e. The summed E-state index contributed by atoms with van der Waals surface area (Å²) < 4.78 is 40.6. The highest BCUT2D eigenvalue weighted by atomic mass is 35.5. The molecule has 124 valence electrons. The minimum atomic E-state index is -4.49. The highest BCUT2D eigenvalue weighted by molar-refractivity contribution is 6.34. The number of rotatable bonds is 3. The Labute approximate surface area is 136 Å². The molecule has 1 N–H and O–H groups in total. The minimum Gasteiger partial charge on any atom is -0.344 e. The van der Waals surface area contributed by atoms with Gasteiger partial charge in [-0.3, -0.25) is 9.48 Å². The fourth-order valence-electron chi connectivity index (χ4n) is 2.20. The molecule has 0 aliphatic rings. The lowest BCUT2D eigenvalue weighted by atomic mass is 10.0. The Hall–Kier alpha value is -2.02. The van der Waals surface area contributed by atoms with E-state index in [2.05, 4.69) is 10.4 Å². The molecule has 2 aromatic rings. The van der Waals surface area contributed by atoms with E-state index >= 15 is 0 Å². The van der Waals surface area contributed by atoms with Gasteiger partial charge in [-0.25, -0.2) is 0 Å². The number of aryl methyl sites for hydroxylation is 1. The molecule has 0 radical (unpaired) electrons. The summed E-state index contributed by atoms with van der Waals surface area (Å²) in [4.78, 5) is 12.2. The fraction of sp³-hybridized carbons (Fsp3) is 0.333. The van der Waals surface area contributed by atoms with Crippen LogP contribution in [0.4, 0.5) is 13.2 Å². The molecule has 4 nitrogen and oxygen atoms in total. The Kier molecular flexibility index (Phi) is 4.70. The lowest BCUT2D eigenvalue weighted by Crippen LogP contribution is -2.29. The number of hydrogen-bond acceptors (Lipinski definition) is 2. The van der Waals surface area contributed by atoms with Crippen LogP contribution in [0.25, 0.3) is 0 Å². The lowest BCUT2D eigenvalue weighted by molar-refractivity contribution is -0.138. The molecule has 1 atom stereocenters. The number of hydrogen-bond donors (Lipinski definition) is 1. The number of amides is 1. The van der Waals surface area contributed by atoms with Gasteiger partial charge in [0.25, 0.3) is 5.91 Å². The van der Waals surface area contributed by atoms with Crippen LogP contribution < -0.4 is 5.32 Å². The van der Waals surface area contributed by atoms with Crippen LogP contribution in [0.5, 0.6) is 0 Å². The maximum absolute atomic E-state index is 13.0. The Balaban J connectivity index is 2.28. The molecule has 0 bridgehead atoms. The zero-order valence-corrected chi connectivity index (χ0v) is 13.5. The van der Waals surface area contributed by atoms with Gasteiger partial charge in [0.05, 0.1) is 22.3 Å². The van der Waals surface area contributed by atoms with Crippen molar-refractivity contribution in [3.8, 4) is 0 Å². The molecule has 1 amide bonds. The highest BCUT2D eigenvalue weighted by Gasteiger charge is 2.34. The van der Waals surface area contributed by atoms with Crippen molar-refractivity contribution in [1.82, 2.24) is 15.1 Å². The van der Waals surface area contributed by atoms with Crippen LogP contribution >= 0.6 is 11.6 Å². The third-order valence-electron chi connectivity index (χ3n) is 3.56. The first kappa shape index (κ1) is 17.3. The molecule has 0 aliphatic heterocycles. The third kappa shape index (κ3) is 3.50. The molecule has 1 aromatic carbocycles. The average Bonchev–Trinajstić information content (AvgIpc) is 2.74. The fourth-order valence-corrected chi connectivity index (χ4v) is 2.45. The molecular weight excluding hydrogens is 331 g/mol. The van der Waals surface area contributed by atoms with Gasteiger partial charge in [-0.05, 0) is 25.5 Å². The summed E-state index contributed by atoms with van der Waals surface area (Å²) in [5.74, 6) is -0.622. The second-order valence-electron chi connectivity index (χ2n) is 5.15. The Morgan fingerprint density at radius 2 is 1.96 bits per heavy atom. The monoisotopic (exact) mass is 345 g/mol. The topological polar surface area (TPSA) is 46.9 Å². The quantitative estimate of drug-likeness (QED) is 0.917. The van der Waals surface area contributed by atoms with Crippen LogP contribution in [0.15, 0.2) is 24.3 Å². The summed E-state index contributed by atoms with van der Waals surface area (Å²) in [7, 11) is 1.63. The maximum atomic E-state index is 13.0. The first-order valence-corrected chi connectivity index (χ1v) is 7.16. The summed E-state index contributed by atoms with van der Waals surface area (Å²) >= 11 is 6.02. The van der Waals surface area contributed by atoms with Crippen LogP contribution in [0.2, 0.25) is 5.02 Å². The number of alkyl halides is 3. The van der Waals surface area contributed by atoms with Crippen LogP contribution in [0.1, 0.15) is 40.3 Å². The number of halogens is 4. The van der Waals surface area contributed by atoms with Gasteiger partial charge >= 0.3 is 6.18 Å². The van der Waals surface area contributed by atoms with E-state index in [4.69, 9.17) is 11.6 Å². The van der Waals surface area contributed by atoms with E-state index in [0.29, 0.717) is 5.69 Å². The number of carbonyl (C=O) groups is 1. The van der Waals surface area contributed by atoms with E-state index in [1.807, 2.05) is 0 Å². The van der Waals surface area contributed by atoms with E-state index in [-0.39, 0.29) is 16.3 Å². The smallest absolute Gasteiger partial charge is 0.344 e. The van der Waals surface area contributed by atoms with Crippen molar-refractivity contribution in [1.29, 1.82) is 0 Å². The molecule has 0 saturated carbocycles. The van der Waals surface area contributed by atoms with Gasteiger partial charge in [0.15, 0.2) is 5.69 Å². The van der Waals surface area contributed by atoms with E-state index < -0.39 is 23.7 Å². The molecule has 0 unspecified atom stereocenters. The minimum absolute atomic E-state index is 0.0111. The molecule has 2 rings (SSSR count). The second kappa shape index (κ2) is 6.23. The number of carbonyl (C=O) groups excluding carboxylic acids is 1. The first-order chi connectivity index (χ1) is 10.6. The predicted octanol–water partition coefficient (Wildman–Crippen LogP) is 3.89. The van der Waals surface area contributed by atoms with Crippen LogP contribution in [-0.2, 0) is 13.2 Å². The summed E-state index contributed by atoms with van der Waals surface area (Å²) in [6, 6.07) is 4.26. The molecule has 8 heteroatoms. The van der Waals surface area contributed by atoms with Crippen molar-refractivity contribution in [2.24, 2.45) is 7.05 Å². The number of nitrogens with one attached hydrogen (secondary N) is 1. The summed E-state index contributed by atoms with van der Waals surface area (Å²) in [6.07, 6.45) is -4.49. The van der Waals surface area contributed by atoms with Gasteiger partial charge in [-0.15, -0.1) is 0 Å². The van der Waals surface area contributed by atoms with Crippen molar-refractivity contribution < 1.29 is 18.0 Å². The van der Waals surface area contributed by atoms with Crippen molar-refractivity contribution in [3.63, 3.8) is 0 Å². The molecule has 0 saturated heterocycles. The van der Waals surface area contributed by atoms with Crippen LogP contribution in [-0.4, -0.2) is 15.7 Å². The normalized spacial score (nSPS) is 13.0. The third-order valence-corrected chi connectivity index (χ3v) is 4.01. The predicted molar refractivity (Wildman–Crippen MR) is 80.3 cm³/mol. The standard InChI is InChI=1S/C15H15ClF3N3O/c1-8(10-6-4-5-7-11(10)15(17,18)19)20-14(23)13-12(16)9(2)22(3)21-13/h4-8H,1-3H3,(H,20,23)/t8-/m0/s1. The zero-order chi connectivity index (χ0) is 17.4. The van der Waals surface area contributed by atoms with Crippen LogP contribution in [0, 0.1) is 6.92 Å². The van der Waals surface area contributed by atoms with Gasteiger partial charge in [0.1, 0.15) is 0 Å². The first-order valence-electron chi connectivity index (χ1n) is 6.79. The van der Waals surface area contributed by atoms with Gasteiger partial charge in [0.2, 0.25) is 0 Å². The summed E-state index contributed by atoms with van der Waals surface area (Å²) in [6.45, 7) is 3.17. The Morgan fingerprint density at radius 3 is 2.48 bits per heavy atom. The molecule has 1 heterocycles. The van der Waals surface area contributed by atoms with Crippen LogP contribution in [0.3, 0.4) is 0 Å². The number of nitrogens with zero attached hydrogens (tertiary/aromatic N) is 2. The molecule has 23 heavy (non-hydrogen) atoms. The average molecular weight is 346 g/mol. The van der Waals surface area contributed by atoms with Gasteiger partial charge in [0, 0.05) is 7.05 Å². The maximum Gasteiger partial charge on any atom is 0.416 e. The van der Waals surface area contributed by atoms with E-state index in [0.717, 1.165) is 6.07 Å². The van der Waals surface area contributed by atoms with E-state index in [1.165, 1.54) is 29.8 Å². The Bertz CT molecular complexity index is 740. The van der Waals surface area contributed by atoms with Crippen molar-refractivity contribution in [3.05, 3.63) is 51.8 Å². The lowest BCUT2D eigenvalue weighted by Gasteiger charge is -2.19. The van der Waals surface area contributed by atoms with Crippen molar-refractivity contribution in [2.75, 3.05) is 0 Å². The van der Waals surface area contributed by atoms with Gasteiger partial charge in [-0.1, -0.05) is 29.8 Å². The second-order valence-corrected chi connectivity index (χ2v) is 5.53. The molecule has 1 aromatic heterocycles. The Morgan fingerprint density at radius 1 is 1.35 bits per heavy atom. The summed E-state index contributed by atoms with van der Waals surface area (Å²) in [5, 5.41) is 6.67. The molecule has 0 aliphatic carbocycles. The highest BCUT2D eigenvalue weighted by Crippen LogP contribution is 2.34. The van der Waals surface area contributed by atoms with Gasteiger partial charge in [-0.2, -0.15) is 18.3 Å². The zero-order valence-electron chi connectivity index (χ0n) is 12.7. The molecular formula is C15H15ClF3N3O. The SMILES string of the molecule is Cc1c(Cl)c(C(=O)N[C@@H](C)c2ccccc2C(F)(F)F)nn1C. The van der Waals surface area contributed by atoms with E-state index in [1.54, 1.807) is 14.0 Å². The molecule has 0 spiro atoms. The van der Waals surface area contributed by atoms with Crippen molar-refractivity contribution >= 4 is 17.5 Å². The van der Waals surface area contributed by atoms with Crippen molar-refractivity contribution in [2.45, 2.75) is 26.1 Å². The van der Waals surface area contributed by atoms with E-state index in [9.17, 15) is 18.0 Å². The molecule has 0 fully saturated rings. The number of benzene rings is 1. The number of aromatic nitrogens is 2. The summed E-state index contributed by atoms with van der Waals surface area (Å²) in [5.41, 5.74) is -0.212. The van der Waals surface area contributed by atoms with Gasteiger partial charge < -0.3 is 5.32 Å².